The van der Waals surface area contributed by atoms with E-state index in [2.05, 4.69) is 15.5 Å². The summed E-state index contributed by atoms with van der Waals surface area (Å²) in [5.74, 6) is 0.435. The van der Waals surface area contributed by atoms with Gasteiger partial charge in [0.1, 0.15) is 11.9 Å². The van der Waals surface area contributed by atoms with Gasteiger partial charge >= 0.3 is 6.03 Å². The Morgan fingerprint density at radius 3 is 2.68 bits per heavy atom. The highest BCUT2D eigenvalue weighted by Crippen LogP contribution is 2.31. The van der Waals surface area contributed by atoms with E-state index in [1.807, 2.05) is 30.3 Å². The van der Waals surface area contributed by atoms with Gasteiger partial charge in [-0.2, -0.15) is 4.98 Å². The number of halogens is 1. The van der Waals surface area contributed by atoms with Gasteiger partial charge in [0.15, 0.2) is 0 Å². The topological polar surface area (TPSA) is 71.3 Å². The normalized spacial score (nSPS) is 17.2. The first kappa shape index (κ1) is 18.2. The Morgan fingerprint density at radius 2 is 1.86 bits per heavy atom. The molecule has 0 saturated carbocycles. The van der Waals surface area contributed by atoms with Crippen LogP contribution < -0.4 is 5.32 Å². The zero-order valence-electron chi connectivity index (χ0n) is 15.3. The lowest BCUT2D eigenvalue weighted by Gasteiger charge is -2.27. The van der Waals surface area contributed by atoms with Crippen LogP contribution >= 0.6 is 0 Å². The Labute approximate surface area is 162 Å². The molecular formula is C21H21FN4O2. The molecule has 1 aliphatic heterocycles. The van der Waals surface area contributed by atoms with Crippen LogP contribution in [0.2, 0.25) is 0 Å². The number of carbonyl (C=O) groups excluding carboxylic acids is 1. The number of urea groups is 1. The van der Waals surface area contributed by atoms with E-state index in [0.717, 1.165) is 31.2 Å². The maximum absolute atomic E-state index is 13.9. The van der Waals surface area contributed by atoms with Crippen LogP contribution in [-0.4, -0.2) is 27.6 Å². The Balaban J connectivity index is 1.58. The van der Waals surface area contributed by atoms with Crippen molar-refractivity contribution >= 4 is 11.7 Å². The fourth-order valence-corrected chi connectivity index (χ4v) is 3.43. The fourth-order valence-electron chi connectivity index (χ4n) is 3.43. The average Bonchev–Trinajstić information content (AvgIpc) is 3.08. The van der Waals surface area contributed by atoms with Gasteiger partial charge in [0.05, 0.1) is 5.69 Å². The first-order valence-corrected chi connectivity index (χ1v) is 9.43. The third-order valence-electron chi connectivity index (χ3n) is 4.89. The predicted molar refractivity (Wildman–Crippen MR) is 103 cm³/mol. The van der Waals surface area contributed by atoms with Crippen LogP contribution in [0.1, 0.15) is 37.6 Å². The summed E-state index contributed by atoms with van der Waals surface area (Å²) >= 11 is 0. The van der Waals surface area contributed by atoms with E-state index in [4.69, 9.17) is 4.52 Å². The van der Waals surface area contributed by atoms with Gasteiger partial charge in [-0.1, -0.05) is 60.5 Å². The molecule has 0 bridgehead atoms. The molecule has 3 aromatic rings. The lowest BCUT2D eigenvalue weighted by atomic mass is 10.1. The van der Waals surface area contributed by atoms with Gasteiger partial charge in [0.25, 0.3) is 0 Å². The number of likely N-dealkylation sites (tertiary alicyclic amines) is 1. The summed E-state index contributed by atoms with van der Waals surface area (Å²) < 4.78 is 19.4. The second kappa shape index (κ2) is 8.21. The molecule has 1 aliphatic rings. The molecule has 2 heterocycles. The van der Waals surface area contributed by atoms with Crippen molar-refractivity contribution in [2.45, 2.75) is 31.7 Å². The van der Waals surface area contributed by atoms with Crippen molar-refractivity contribution < 1.29 is 13.7 Å². The molecule has 28 heavy (non-hydrogen) atoms. The summed E-state index contributed by atoms with van der Waals surface area (Å²) in [7, 11) is 0. The van der Waals surface area contributed by atoms with Gasteiger partial charge in [0, 0.05) is 12.1 Å². The van der Waals surface area contributed by atoms with E-state index >= 15 is 0 Å². The number of nitrogens with one attached hydrogen (secondary N) is 1. The van der Waals surface area contributed by atoms with Gasteiger partial charge in [-0.15, -0.1) is 0 Å². The maximum atomic E-state index is 13.9. The zero-order chi connectivity index (χ0) is 19.3. The lowest BCUT2D eigenvalue weighted by Crippen LogP contribution is -2.38. The second-order valence-corrected chi connectivity index (χ2v) is 6.79. The number of carbonyl (C=O) groups is 1. The van der Waals surface area contributed by atoms with Gasteiger partial charge < -0.3 is 14.7 Å². The van der Waals surface area contributed by atoms with Gasteiger partial charge in [-0.3, -0.25) is 0 Å². The Bertz CT molecular complexity index is 944. The second-order valence-electron chi connectivity index (χ2n) is 6.79. The van der Waals surface area contributed by atoms with Crippen LogP contribution in [0.25, 0.3) is 11.4 Å². The molecule has 1 aromatic heterocycles. The van der Waals surface area contributed by atoms with E-state index < -0.39 is 5.82 Å². The highest BCUT2D eigenvalue weighted by atomic mass is 19.1. The summed E-state index contributed by atoms with van der Waals surface area (Å²) in [6.45, 7) is 0.550. The van der Waals surface area contributed by atoms with Crippen LogP contribution in [0, 0.1) is 5.82 Å². The molecule has 144 valence electrons. The highest BCUT2D eigenvalue weighted by Gasteiger charge is 2.31. The van der Waals surface area contributed by atoms with Crippen LogP contribution in [-0.2, 0) is 0 Å². The molecule has 2 aromatic carbocycles. The Hall–Kier alpha value is -3.22. The number of aromatic nitrogens is 2. The molecule has 0 spiro atoms. The van der Waals surface area contributed by atoms with E-state index in [9.17, 15) is 9.18 Å². The molecule has 1 atom stereocenters. The van der Waals surface area contributed by atoms with E-state index in [-0.39, 0.29) is 17.8 Å². The van der Waals surface area contributed by atoms with E-state index in [1.54, 1.807) is 23.1 Å². The largest absolute Gasteiger partial charge is 0.337 e. The van der Waals surface area contributed by atoms with Crippen molar-refractivity contribution in [3.05, 3.63) is 66.3 Å². The zero-order valence-corrected chi connectivity index (χ0v) is 15.3. The maximum Gasteiger partial charge on any atom is 0.322 e. The fraction of sp³-hybridized carbons (Fsp3) is 0.286. The number of para-hydroxylation sites is 1. The molecule has 1 fully saturated rings. The molecule has 1 unspecified atom stereocenters. The molecule has 7 heteroatoms. The molecule has 1 saturated heterocycles. The summed E-state index contributed by atoms with van der Waals surface area (Å²) in [4.78, 5) is 19.1. The SMILES string of the molecule is O=C(Nc1ccccc1F)N1CCCCCC1c1nc(-c2ccccc2)no1. The number of anilines is 1. The van der Waals surface area contributed by atoms with E-state index in [1.165, 1.54) is 6.07 Å². The molecule has 0 aliphatic carbocycles. The summed E-state index contributed by atoms with van der Waals surface area (Å²) in [6.07, 6.45) is 3.57. The summed E-state index contributed by atoms with van der Waals surface area (Å²) in [5.41, 5.74) is 1.01. The van der Waals surface area contributed by atoms with Crippen molar-refractivity contribution in [3.8, 4) is 11.4 Å². The van der Waals surface area contributed by atoms with Gasteiger partial charge in [0.2, 0.25) is 11.7 Å². The summed E-state index contributed by atoms with van der Waals surface area (Å²) in [6, 6.07) is 15.0. The third kappa shape index (κ3) is 3.88. The van der Waals surface area contributed by atoms with Crippen molar-refractivity contribution in [1.29, 1.82) is 0 Å². The molecular weight excluding hydrogens is 359 g/mol. The van der Waals surface area contributed by atoms with Gasteiger partial charge in [-0.05, 0) is 25.0 Å². The number of nitrogens with zero attached hydrogens (tertiary/aromatic N) is 3. The smallest absolute Gasteiger partial charge is 0.322 e. The molecule has 6 nitrogen and oxygen atoms in total. The summed E-state index contributed by atoms with van der Waals surface area (Å²) in [5, 5.41) is 6.75. The minimum atomic E-state index is -0.466. The molecule has 4 rings (SSSR count). The van der Waals surface area contributed by atoms with Crippen molar-refractivity contribution in [1.82, 2.24) is 15.0 Å². The Kier molecular flexibility index (Phi) is 5.32. The van der Waals surface area contributed by atoms with Crippen molar-refractivity contribution in [3.63, 3.8) is 0 Å². The Morgan fingerprint density at radius 1 is 1.07 bits per heavy atom. The molecule has 0 radical (unpaired) electrons. The monoisotopic (exact) mass is 380 g/mol. The minimum Gasteiger partial charge on any atom is -0.337 e. The third-order valence-corrected chi connectivity index (χ3v) is 4.89. The average molecular weight is 380 g/mol. The minimum absolute atomic E-state index is 0.158. The van der Waals surface area contributed by atoms with E-state index in [0.29, 0.717) is 18.3 Å². The van der Waals surface area contributed by atoms with Crippen LogP contribution in [0.3, 0.4) is 0 Å². The first-order chi connectivity index (χ1) is 13.7. The van der Waals surface area contributed by atoms with Crippen molar-refractivity contribution in [2.24, 2.45) is 0 Å². The molecule has 1 N–H and O–H groups in total. The predicted octanol–water partition coefficient (Wildman–Crippen LogP) is 5.02. The number of benzene rings is 2. The highest BCUT2D eigenvalue weighted by molar-refractivity contribution is 5.89. The quantitative estimate of drug-likeness (QED) is 0.692. The first-order valence-electron chi connectivity index (χ1n) is 9.43. The molecule has 2 amide bonds. The number of hydrogen-bond donors (Lipinski definition) is 1. The number of hydrogen-bond acceptors (Lipinski definition) is 4. The standard InChI is InChI=1S/C21H21FN4O2/c22-16-11-6-7-12-17(16)23-21(27)26-14-8-2-5-13-18(26)20-24-19(25-28-20)15-9-3-1-4-10-15/h1,3-4,6-7,9-12,18H,2,5,8,13-14H2,(H,23,27). The number of amides is 2. The lowest BCUT2D eigenvalue weighted by molar-refractivity contribution is 0.171. The van der Waals surface area contributed by atoms with Crippen LogP contribution in [0.4, 0.5) is 14.9 Å². The number of rotatable bonds is 3. The van der Waals surface area contributed by atoms with Gasteiger partial charge in [-0.25, -0.2) is 9.18 Å². The van der Waals surface area contributed by atoms with Crippen LogP contribution in [0.5, 0.6) is 0 Å². The van der Waals surface area contributed by atoms with Crippen LogP contribution in [0.15, 0.2) is 59.1 Å². The van der Waals surface area contributed by atoms with Crippen molar-refractivity contribution in [2.75, 3.05) is 11.9 Å².